The van der Waals surface area contributed by atoms with Crippen molar-refractivity contribution in [1.29, 1.82) is 0 Å². The van der Waals surface area contributed by atoms with Crippen LogP contribution in [-0.2, 0) is 5.60 Å². The number of benzene rings is 1. The molecule has 1 heterocycles. The SMILES string of the molecule is CCC1CCC(O)(c2ccc3cccnc3c2)CC1. The number of hydrogen-bond acceptors (Lipinski definition) is 2. The second kappa shape index (κ2) is 4.93. The molecule has 0 amide bonds. The molecule has 0 saturated heterocycles. The van der Waals surface area contributed by atoms with Crippen LogP contribution in [0, 0.1) is 5.92 Å². The zero-order valence-corrected chi connectivity index (χ0v) is 11.5. The maximum Gasteiger partial charge on any atom is 0.0897 e. The fourth-order valence-electron chi connectivity index (χ4n) is 3.21. The van der Waals surface area contributed by atoms with E-state index in [2.05, 4.69) is 36.2 Å². The highest BCUT2D eigenvalue weighted by molar-refractivity contribution is 5.79. The second-order valence-corrected chi connectivity index (χ2v) is 5.79. The Labute approximate surface area is 114 Å². The van der Waals surface area contributed by atoms with E-state index in [0.717, 1.165) is 48.1 Å². The molecule has 19 heavy (non-hydrogen) atoms. The normalized spacial score (nSPS) is 27.6. The Bertz CT molecular complexity index is 570. The first-order valence-corrected chi connectivity index (χ1v) is 7.29. The zero-order chi connectivity index (χ0) is 13.3. The van der Waals surface area contributed by atoms with Crippen molar-refractivity contribution < 1.29 is 5.11 Å². The van der Waals surface area contributed by atoms with Gasteiger partial charge in [0.2, 0.25) is 0 Å². The van der Waals surface area contributed by atoms with E-state index in [9.17, 15) is 5.11 Å². The molecule has 0 radical (unpaired) electrons. The first kappa shape index (κ1) is 12.6. The minimum Gasteiger partial charge on any atom is -0.385 e. The van der Waals surface area contributed by atoms with Gasteiger partial charge in [-0.2, -0.15) is 0 Å². The Kier molecular flexibility index (Phi) is 3.28. The molecular formula is C17H21NO. The average molecular weight is 255 g/mol. The van der Waals surface area contributed by atoms with Gasteiger partial charge in [-0.05, 0) is 49.3 Å². The summed E-state index contributed by atoms with van der Waals surface area (Å²) in [6.07, 6.45) is 7.06. The Hall–Kier alpha value is -1.41. The van der Waals surface area contributed by atoms with E-state index in [-0.39, 0.29) is 0 Å². The molecule has 1 aliphatic rings. The van der Waals surface area contributed by atoms with Crippen molar-refractivity contribution in [2.45, 2.75) is 44.6 Å². The van der Waals surface area contributed by atoms with E-state index in [1.807, 2.05) is 12.3 Å². The molecule has 1 aromatic heterocycles. The standard InChI is InChI=1S/C17H21NO/c1-2-13-7-9-17(19,10-8-13)15-6-5-14-4-3-11-18-16(14)12-15/h3-6,11-13,19H,2,7-10H2,1H3. The fourth-order valence-corrected chi connectivity index (χ4v) is 3.21. The molecule has 2 aromatic rings. The maximum absolute atomic E-state index is 10.9. The summed E-state index contributed by atoms with van der Waals surface area (Å²) in [4.78, 5) is 4.39. The topological polar surface area (TPSA) is 33.1 Å². The second-order valence-electron chi connectivity index (χ2n) is 5.79. The molecule has 3 rings (SSSR count). The molecule has 1 aromatic carbocycles. The number of aliphatic hydroxyl groups is 1. The predicted molar refractivity (Wildman–Crippen MR) is 77.9 cm³/mol. The van der Waals surface area contributed by atoms with Gasteiger partial charge in [0.1, 0.15) is 0 Å². The van der Waals surface area contributed by atoms with Gasteiger partial charge in [-0.25, -0.2) is 0 Å². The van der Waals surface area contributed by atoms with E-state index < -0.39 is 5.60 Å². The fraction of sp³-hybridized carbons (Fsp3) is 0.471. The molecule has 1 aliphatic carbocycles. The van der Waals surface area contributed by atoms with Crippen molar-refractivity contribution in [3.8, 4) is 0 Å². The van der Waals surface area contributed by atoms with Crippen LogP contribution in [0.15, 0.2) is 36.5 Å². The third kappa shape index (κ3) is 2.37. The van der Waals surface area contributed by atoms with Crippen LogP contribution in [0.2, 0.25) is 0 Å². The number of nitrogens with zero attached hydrogens (tertiary/aromatic N) is 1. The molecule has 1 saturated carbocycles. The lowest BCUT2D eigenvalue weighted by Gasteiger charge is -2.36. The Balaban J connectivity index is 1.91. The lowest BCUT2D eigenvalue weighted by molar-refractivity contribution is -0.0144. The number of hydrogen-bond donors (Lipinski definition) is 1. The third-order valence-electron chi connectivity index (χ3n) is 4.65. The highest BCUT2D eigenvalue weighted by Gasteiger charge is 2.34. The van der Waals surface area contributed by atoms with Crippen LogP contribution in [0.25, 0.3) is 10.9 Å². The Morgan fingerprint density at radius 1 is 1.26 bits per heavy atom. The Morgan fingerprint density at radius 3 is 2.79 bits per heavy atom. The van der Waals surface area contributed by atoms with Crippen LogP contribution in [0.3, 0.4) is 0 Å². The molecule has 0 spiro atoms. The van der Waals surface area contributed by atoms with Crippen molar-refractivity contribution in [3.05, 3.63) is 42.1 Å². The van der Waals surface area contributed by atoms with Gasteiger partial charge in [0.05, 0.1) is 11.1 Å². The third-order valence-corrected chi connectivity index (χ3v) is 4.65. The Morgan fingerprint density at radius 2 is 2.05 bits per heavy atom. The summed E-state index contributed by atoms with van der Waals surface area (Å²) in [6, 6.07) is 10.2. The smallest absolute Gasteiger partial charge is 0.0897 e. The average Bonchev–Trinajstić information content (AvgIpc) is 2.47. The predicted octanol–water partition coefficient (Wildman–Crippen LogP) is 4.02. The van der Waals surface area contributed by atoms with Gasteiger partial charge in [-0.3, -0.25) is 4.98 Å². The number of rotatable bonds is 2. The number of pyridine rings is 1. The van der Waals surface area contributed by atoms with Crippen molar-refractivity contribution >= 4 is 10.9 Å². The molecular weight excluding hydrogens is 234 g/mol. The van der Waals surface area contributed by atoms with E-state index in [1.54, 1.807) is 0 Å². The first-order chi connectivity index (χ1) is 9.21. The lowest BCUT2D eigenvalue weighted by Crippen LogP contribution is -2.31. The van der Waals surface area contributed by atoms with Crippen molar-refractivity contribution in [2.75, 3.05) is 0 Å². The van der Waals surface area contributed by atoms with Gasteiger partial charge >= 0.3 is 0 Å². The van der Waals surface area contributed by atoms with Crippen LogP contribution >= 0.6 is 0 Å². The minimum absolute atomic E-state index is 0.641. The van der Waals surface area contributed by atoms with E-state index in [4.69, 9.17) is 0 Å². The number of aromatic nitrogens is 1. The van der Waals surface area contributed by atoms with Crippen LogP contribution in [0.4, 0.5) is 0 Å². The van der Waals surface area contributed by atoms with E-state index in [1.165, 1.54) is 6.42 Å². The van der Waals surface area contributed by atoms with Crippen molar-refractivity contribution in [2.24, 2.45) is 5.92 Å². The van der Waals surface area contributed by atoms with Gasteiger partial charge in [-0.1, -0.05) is 31.5 Å². The molecule has 1 N–H and O–H groups in total. The van der Waals surface area contributed by atoms with Crippen molar-refractivity contribution in [1.82, 2.24) is 4.98 Å². The monoisotopic (exact) mass is 255 g/mol. The minimum atomic E-state index is -0.641. The summed E-state index contributed by atoms with van der Waals surface area (Å²) in [6.45, 7) is 2.25. The van der Waals surface area contributed by atoms with Crippen LogP contribution < -0.4 is 0 Å². The molecule has 0 aliphatic heterocycles. The number of fused-ring (bicyclic) bond motifs is 1. The van der Waals surface area contributed by atoms with Gasteiger partial charge in [-0.15, -0.1) is 0 Å². The van der Waals surface area contributed by atoms with Crippen LogP contribution in [0.5, 0.6) is 0 Å². The molecule has 1 fully saturated rings. The summed E-state index contributed by atoms with van der Waals surface area (Å²) < 4.78 is 0. The van der Waals surface area contributed by atoms with Gasteiger partial charge in [0.15, 0.2) is 0 Å². The zero-order valence-electron chi connectivity index (χ0n) is 11.5. The van der Waals surface area contributed by atoms with Gasteiger partial charge in [0, 0.05) is 11.6 Å². The largest absolute Gasteiger partial charge is 0.385 e. The molecule has 2 nitrogen and oxygen atoms in total. The molecule has 0 atom stereocenters. The quantitative estimate of drug-likeness (QED) is 0.879. The summed E-state index contributed by atoms with van der Waals surface area (Å²) in [5, 5.41) is 12.0. The van der Waals surface area contributed by atoms with Crippen LogP contribution in [-0.4, -0.2) is 10.1 Å². The summed E-state index contributed by atoms with van der Waals surface area (Å²) >= 11 is 0. The van der Waals surface area contributed by atoms with Crippen molar-refractivity contribution in [3.63, 3.8) is 0 Å². The van der Waals surface area contributed by atoms with Crippen LogP contribution in [0.1, 0.15) is 44.6 Å². The van der Waals surface area contributed by atoms with E-state index in [0.29, 0.717) is 0 Å². The molecule has 100 valence electrons. The first-order valence-electron chi connectivity index (χ1n) is 7.29. The molecule has 2 heteroatoms. The molecule has 0 bridgehead atoms. The van der Waals surface area contributed by atoms with Gasteiger partial charge < -0.3 is 5.11 Å². The highest BCUT2D eigenvalue weighted by Crippen LogP contribution is 2.40. The van der Waals surface area contributed by atoms with Gasteiger partial charge in [0.25, 0.3) is 0 Å². The lowest BCUT2D eigenvalue weighted by atomic mass is 9.74. The summed E-state index contributed by atoms with van der Waals surface area (Å²) in [5.74, 6) is 0.791. The van der Waals surface area contributed by atoms with E-state index >= 15 is 0 Å². The highest BCUT2D eigenvalue weighted by atomic mass is 16.3. The summed E-state index contributed by atoms with van der Waals surface area (Å²) in [7, 11) is 0. The summed E-state index contributed by atoms with van der Waals surface area (Å²) in [5.41, 5.74) is 1.37. The maximum atomic E-state index is 10.9. The molecule has 0 unspecified atom stereocenters.